The van der Waals surface area contributed by atoms with Crippen LogP contribution in [0.25, 0.3) is 22.9 Å². The fraction of sp³-hybridized carbons (Fsp3) is 0.238. The van der Waals surface area contributed by atoms with Crippen molar-refractivity contribution >= 4 is 17.2 Å². The van der Waals surface area contributed by atoms with Crippen molar-refractivity contribution < 1.29 is 13.6 Å². The first-order chi connectivity index (χ1) is 14.3. The third-order valence-corrected chi connectivity index (χ3v) is 5.69. The van der Waals surface area contributed by atoms with Gasteiger partial charge in [0.2, 0.25) is 23.4 Å². The van der Waals surface area contributed by atoms with E-state index in [1.54, 1.807) is 16.2 Å². The highest BCUT2D eigenvalue weighted by atomic mass is 32.1. The average Bonchev–Trinajstić information content (AvgIpc) is 3.55. The van der Waals surface area contributed by atoms with Gasteiger partial charge in [-0.05, 0) is 36.4 Å². The highest BCUT2D eigenvalue weighted by Crippen LogP contribution is 2.30. The van der Waals surface area contributed by atoms with Crippen LogP contribution in [-0.2, 0) is 0 Å². The van der Waals surface area contributed by atoms with Crippen LogP contribution < -0.4 is 0 Å². The maximum absolute atomic E-state index is 12.9. The first-order valence-corrected chi connectivity index (χ1v) is 10.4. The number of carbonyl (C=O) groups is 1. The van der Waals surface area contributed by atoms with E-state index in [0.29, 0.717) is 30.8 Å². The quantitative estimate of drug-likeness (QED) is 0.497. The Morgan fingerprint density at radius 1 is 1.07 bits per heavy atom. The van der Waals surface area contributed by atoms with Gasteiger partial charge >= 0.3 is 0 Å². The molecule has 0 N–H and O–H groups in total. The Kier molecular flexibility index (Phi) is 4.69. The minimum absolute atomic E-state index is 0.0177. The second-order valence-electron chi connectivity index (χ2n) is 6.94. The number of nitrogens with zero attached hydrogens (tertiary/aromatic N) is 4. The Balaban J connectivity index is 1.31. The van der Waals surface area contributed by atoms with E-state index in [9.17, 15) is 4.79 Å². The molecule has 8 heteroatoms. The average molecular weight is 406 g/mol. The minimum atomic E-state index is -0.165. The highest BCUT2D eigenvalue weighted by Gasteiger charge is 2.30. The van der Waals surface area contributed by atoms with Crippen LogP contribution in [0.1, 0.15) is 35.2 Å². The van der Waals surface area contributed by atoms with Crippen molar-refractivity contribution in [3.05, 3.63) is 65.0 Å². The van der Waals surface area contributed by atoms with Crippen LogP contribution in [0.4, 0.5) is 0 Å². The van der Waals surface area contributed by atoms with Crippen LogP contribution in [0.2, 0.25) is 0 Å². The van der Waals surface area contributed by atoms with Crippen molar-refractivity contribution in [3.63, 3.8) is 0 Å². The molecule has 1 aliphatic rings. The number of rotatable bonds is 4. The summed E-state index contributed by atoms with van der Waals surface area (Å²) in [5.74, 6) is 1.64. The summed E-state index contributed by atoms with van der Waals surface area (Å²) in [6, 6.07) is 11.5. The zero-order chi connectivity index (χ0) is 19.6. The molecule has 4 aromatic rings. The molecule has 0 bridgehead atoms. The molecule has 146 valence electrons. The van der Waals surface area contributed by atoms with Crippen LogP contribution in [0.5, 0.6) is 0 Å². The summed E-state index contributed by atoms with van der Waals surface area (Å²) < 4.78 is 11.6. The van der Waals surface area contributed by atoms with Crippen molar-refractivity contribution in [1.29, 1.82) is 0 Å². The lowest BCUT2D eigenvalue weighted by Crippen LogP contribution is -2.39. The summed E-state index contributed by atoms with van der Waals surface area (Å²) in [5.41, 5.74) is 1.77. The molecule has 4 heterocycles. The molecular formula is C21H18N4O3S. The summed E-state index contributed by atoms with van der Waals surface area (Å²) in [6.45, 7) is 1.19. The van der Waals surface area contributed by atoms with E-state index in [4.69, 9.17) is 8.83 Å². The summed E-state index contributed by atoms with van der Waals surface area (Å²) in [6.07, 6.45) is 3.27. The Bertz CT molecular complexity index is 1100. The first-order valence-electron chi connectivity index (χ1n) is 9.44. The zero-order valence-corrected chi connectivity index (χ0v) is 16.3. The van der Waals surface area contributed by atoms with Gasteiger partial charge in [0.05, 0.1) is 12.1 Å². The second-order valence-corrected chi connectivity index (χ2v) is 7.72. The number of carbonyl (C=O) groups excluding carboxylic acids is 1. The summed E-state index contributed by atoms with van der Waals surface area (Å²) in [4.78, 5) is 19.0. The summed E-state index contributed by atoms with van der Waals surface area (Å²) in [7, 11) is 0. The normalized spacial score (nSPS) is 16.8. The van der Waals surface area contributed by atoms with Gasteiger partial charge in [0.25, 0.3) is 5.91 Å². The number of aromatic nitrogens is 3. The molecule has 1 amide bonds. The summed E-state index contributed by atoms with van der Waals surface area (Å²) in [5, 5.41) is 12.3. The van der Waals surface area contributed by atoms with E-state index in [2.05, 4.69) is 15.2 Å². The van der Waals surface area contributed by atoms with Crippen molar-refractivity contribution in [2.75, 3.05) is 13.1 Å². The van der Waals surface area contributed by atoms with Crippen LogP contribution in [-0.4, -0.2) is 39.1 Å². The third-order valence-electron chi connectivity index (χ3n) is 5.00. The van der Waals surface area contributed by atoms with Gasteiger partial charge in [-0.15, -0.1) is 10.2 Å². The van der Waals surface area contributed by atoms with Crippen LogP contribution in [0.3, 0.4) is 0 Å². The number of amides is 1. The van der Waals surface area contributed by atoms with E-state index < -0.39 is 0 Å². The van der Waals surface area contributed by atoms with E-state index in [1.807, 2.05) is 47.2 Å². The van der Waals surface area contributed by atoms with Crippen LogP contribution in [0.15, 0.2) is 62.2 Å². The van der Waals surface area contributed by atoms with Gasteiger partial charge in [0.1, 0.15) is 0 Å². The van der Waals surface area contributed by atoms with Gasteiger partial charge in [-0.2, -0.15) is 11.3 Å². The Hall–Kier alpha value is -3.26. The number of oxazole rings is 1. The highest BCUT2D eigenvalue weighted by molar-refractivity contribution is 7.08. The van der Waals surface area contributed by atoms with Gasteiger partial charge in [0, 0.05) is 29.6 Å². The summed E-state index contributed by atoms with van der Waals surface area (Å²) >= 11 is 1.58. The topological polar surface area (TPSA) is 85.3 Å². The zero-order valence-electron chi connectivity index (χ0n) is 15.5. The molecule has 3 aromatic heterocycles. The van der Waals surface area contributed by atoms with Gasteiger partial charge in [-0.1, -0.05) is 18.2 Å². The Morgan fingerprint density at radius 3 is 2.79 bits per heavy atom. The number of likely N-dealkylation sites (tertiary alicyclic amines) is 1. The van der Waals surface area contributed by atoms with Gasteiger partial charge in [0.15, 0.2) is 0 Å². The van der Waals surface area contributed by atoms with Crippen molar-refractivity contribution in [2.24, 2.45) is 0 Å². The SMILES string of the molecule is O=C(c1cnc(-c2ccccc2)o1)N1CCCC(c2nnc(-c3ccsc3)o2)C1. The molecule has 5 rings (SSSR count). The maximum Gasteiger partial charge on any atom is 0.291 e. The number of piperidine rings is 1. The molecule has 1 unspecified atom stereocenters. The minimum Gasteiger partial charge on any atom is -0.431 e. The number of hydrogen-bond acceptors (Lipinski definition) is 7. The van der Waals surface area contributed by atoms with Crippen LogP contribution >= 0.6 is 11.3 Å². The lowest BCUT2D eigenvalue weighted by molar-refractivity contribution is 0.0667. The molecule has 29 heavy (non-hydrogen) atoms. The molecule has 1 aromatic carbocycles. The smallest absolute Gasteiger partial charge is 0.291 e. The molecule has 1 aliphatic heterocycles. The standard InChI is InChI=1S/C21H18N4O3S/c26-21(17-11-22-18(27-17)14-5-2-1-3-6-14)25-9-4-7-15(12-25)19-23-24-20(28-19)16-8-10-29-13-16/h1-3,5-6,8,10-11,13,15H,4,7,9,12H2. The molecule has 0 radical (unpaired) electrons. The second kappa shape index (κ2) is 7.63. The molecule has 1 atom stereocenters. The van der Waals surface area contributed by atoms with Crippen molar-refractivity contribution in [1.82, 2.24) is 20.1 Å². The Labute approximate surface area is 171 Å². The Morgan fingerprint density at radius 2 is 1.97 bits per heavy atom. The predicted octanol–water partition coefficient (Wildman–Crippen LogP) is 4.47. The van der Waals surface area contributed by atoms with Gasteiger partial charge in [-0.25, -0.2) is 4.98 Å². The predicted molar refractivity (Wildman–Crippen MR) is 107 cm³/mol. The number of hydrogen-bond donors (Lipinski definition) is 0. The molecule has 0 aliphatic carbocycles. The molecule has 0 saturated carbocycles. The lowest BCUT2D eigenvalue weighted by Gasteiger charge is -2.30. The molecule has 1 saturated heterocycles. The molecular weight excluding hydrogens is 388 g/mol. The molecule has 0 spiro atoms. The lowest BCUT2D eigenvalue weighted by atomic mass is 9.98. The maximum atomic E-state index is 12.9. The van der Waals surface area contributed by atoms with E-state index in [0.717, 1.165) is 24.0 Å². The van der Waals surface area contributed by atoms with Gasteiger partial charge in [-0.3, -0.25) is 4.79 Å². The van der Waals surface area contributed by atoms with E-state index >= 15 is 0 Å². The number of benzene rings is 1. The third kappa shape index (κ3) is 3.58. The monoisotopic (exact) mass is 406 g/mol. The molecule has 1 fully saturated rings. The van der Waals surface area contributed by atoms with E-state index in [-0.39, 0.29) is 17.6 Å². The fourth-order valence-electron chi connectivity index (χ4n) is 3.51. The van der Waals surface area contributed by atoms with Crippen LogP contribution in [0, 0.1) is 0 Å². The number of thiophene rings is 1. The van der Waals surface area contributed by atoms with Crippen molar-refractivity contribution in [3.8, 4) is 22.9 Å². The fourth-order valence-corrected chi connectivity index (χ4v) is 4.14. The molecule has 7 nitrogen and oxygen atoms in total. The van der Waals surface area contributed by atoms with Crippen molar-refractivity contribution in [2.45, 2.75) is 18.8 Å². The van der Waals surface area contributed by atoms with Gasteiger partial charge < -0.3 is 13.7 Å². The first kappa shape index (κ1) is 17.8. The largest absolute Gasteiger partial charge is 0.431 e. The van der Waals surface area contributed by atoms with E-state index in [1.165, 1.54) is 6.20 Å².